The van der Waals surface area contributed by atoms with Crippen LogP contribution >= 0.6 is 11.8 Å². The average molecular weight is 223 g/mol. The van der Waals surface area contributed by atoms with Gasteiger partial charge in [-0.3, -0.25) is 0 Å². The highest BCUT2D eigenvalue weighted by Gasteiger charge is 2.07. The zero-order valence-electron chi connectivity index (χ0n) is 10.1. The highest BCUT2D eigenvalue weighted by Crippen LogP contribution is 2.11. The number of hydrogen-bond acceptors (Lipinski definition) is 2. The van der Waals surface area contributed by atoms with Gasteiger partial charge < -0.3 is 5.32 Å². The van der Waals surface area contributed by atoms with E-state index in [1.807, 2.05) is 11.8 Å². The maximum Gasteiger partial charge on any atom is 0.0210 e. The second-order valence-corrected chi connectivity index (χ2v) is 5.72. The minimum atomic E-state index is 0.192. The van der Waals surface area contributed by atoms with Gasteiger partial charge in [0.1, 0.15) is 0 Å². The van der Waals surface area contributed by atoms with Crippen LogP contribution in [0, 0.1) is 0 Å². The Kier molecular flexibility index (Phi) is 4.68. The molecule has 84 valence electrons. The lowest BCUT2D eigenvalue weighted by Crippen LogP contribution is -2.35. The molecule has 0 saturated carbocycles. The summed E-state index contributed by atoms with van der Waals surface area (Å²) < 4.78 is 0. The maximum atomic E-state index is 3.48. The van der Waals surface area contributed by atoms with Crippen LogP contribution in [-0.4, -0.2) is 11.8 Å². The van der Waals surface area contributed by atoms with Crippen LogP contribution in [0.5, 0.6) is 0 Å². The molecule has 0 amide bonds. The molecule has 1 aromatic rings. The van der Waals surface area contributed by atoms with Crippen LogP contribution in [-0.2, 0) is 12.3 Å². The minimum absolute atomic E-state index is 0.192. The lowest BCUT2D eigenvalue weighted by atomic mass is 10.1. The number of hydrogen-bond donors (Lipinski definition) is 1. The molecule has 0 aliphatic carbocycles. The SMILES string of the molecule is CSCc1ccc(CNC(C)(C)C)cc1. The lowest BCUT2D eigenvalue weighted by Gasteiger charge is -2.20. The first-order chi connectivity index (χ1) is 7.01. The molecule has 0 aromatic heterocycles. The Hall–Kier alpha value is -0.470. The van der Waals surface area contributed by atoms with Crippen molar-refractivity contribution in [2.75, 3.05) is 6.26 Å². The van der Waals surface area contributed by atoms with Gasteiger partial charge in [0.15, 0.2) is 0 Å². The second-order valence-electron chi connectivity index (χ2n) is 4.85. The first kappa shape index (κ1) is 12.6. The summed E-state index contributed by atoms with van der Waals surface area (Å²) in [6.45, 7) is 7.52. The maximum absolute atomic E-state index is 3.48. The molecule has 0 aliphatic rings. The van der Waals surface area contributed by atoms with Crippen molar-refractivity contribution in [1.29, 1.82) is 0 Å². The van der Waals surface area contributed by atoms with Crippen molar-refractivity contribution in [1.82, 2.24) is 5.32 Å². The van der Waals surface area contributed by atoms with Gasteiger partial charge >= 0.3 is 0 Å². The van der Waals surface area contributed by atoms with Crippen LogP contribution in [0.4, 0.5) is 0 Å². The van der Waals surface area contributed by atoms with E-state index < -0.39 is 0 Å². The summed E-state index contributed by atoms with van der Waals surface area (Å²) in [5.74, 6) is 1.10. The third kappa shape index (κ3) is 5.24. The van der Waals surface area contributed by atoms with Crippen molar-refractivity contribution in [3.63, 3.8) is 0 Å². The van der Waals surface area contributed by atoms with Gasteiger partial charge in [0.25, 0.3) is 0 Å². The Bertz CT molecular complexity index is 284. The van der Waals surface area contributed by atoms with Crippen LogP contribution < -0.4 is 5.32 Å². The predicted octanol–water partition coefficient (Wildman–Crippen LogP) is 3.44. The number of nitrogens with one attached hydrogen (secondary N) is 1. The van der Waals surface area contributed by atoms with Crippen molar-refractivity contribution in [2.24, 2.45) is 0 Å². The summed E-state index contributed by atoms with van der Waals surface area (Å²) in [6.07, 6.45) is 2.13. The van der Waals surface area contributed by atoms with E-state index in [0.29, 0.717) is 0 Å². The van der Waals surface area contributed by atoms with E-state index >= 15 is 0 Å². The molecule has 1 aromatic carbocycles. The summed E-state index contributed by atoms with van der Waals surface area (Å²) >= 11 is 1.86. The lowest BCUT2D eigenvalue weighted by molar-refractivity contribution is 0.424. The molecule has 0 atom stereocenters. The van der Waals surface area contributed by atoms with E-state index in [-0.39, 0.29) is 5.54 Å². The van der Waals surface area contributed by atoms with Gasteiger partial charge in [-0.1, -0.05) is 24.3 Å². The van der Waals surface area contributed by atoms with Crippen LogP contribution in [0.15, 0.2) is 24.3 Å². The molecule has 0 fully saturated rings. The molecule has 1 rings (SSSR count). The molecule has 0 saturated heterocycles. The molecule has 1 N–H and O–H groups in total. The van der Waals surface area contributed by atoms with Crippen LogP contribution in [0.2, 0.25) is 0 Å². The number of benzene rings is 1. The van der Waals surface area contributed by atoms with E-state index in [4.69, 9.17) is 0 Å². The second kappa shape index (κ2) is 5.57. The smallest absolute Gasteiger partial charge is 0.0210 e. The van der Waals surface area contributed by atoms with Gasteiger partial charge in [0.2, 0.25) is 0 Å². The van der Waals surface area contributed by atoms with Crippen molar-refractivity contribution in [3.05, 3.63) is 35.4 Å². The Morgan fingerprint density at radius 2 is 1.60 bits per heavy atom. The fraction of sp³-hybridized carbons (Fsp3) is 0.538. The van der Waals surface area contributed by atoms with Crippen molar-refractivity contribution >= 4 is 11.8 Å². The van der Waals surface area contributed by atoms with Crippen molar-refractivity contribution in [3.8, 4) is 0 Å². The molecule has 1 nitrogen and oxygen atoms in total. The molecular weight excluding hydrogens is 202 g/mol. The highest BCUT2D eigenvalue weighted by atomic mass is 32.2. The third-order valence-electron chi connectivity index (χ3n) is 2.16. The van der Waals surface area contributed by atoms with E-state index in [1.165, 1.54) is 11.1 Å². The summed E-state index contributed by atoms with van der Waals surface area (Å²) in [6, 6.07) is 8.86. The van der Waals surface area contributed by atoms with Gasteiger partial charge in [-0.25, -0.2) is 0 Å². The first-order valence-corrected chi connectivity index (χ1v) is 6.72. The molecule has 0 aliphatic heterocycles. The average Bonchev–Trinajstić information content (AvgIpc) is 2.16. The summed E-state index contributed by atoms with van der Waals surface area (Å²) in [4.78, 5) is 0. The highest BCUT2D eigenvalue weighted by molar-refractivity contribution is 7.97. The minimum Gasteiger partial charge on any atom is -0.308 e. The van der Waals surface area contributed by atoms with Gasteiger partial charge in [0.05, 0.1) is 0 Å². The zero-order valence-corrected chi connectivity index (χ0v) is 10.9. The molecular formula is C13H21NS. The fourth-order valence-electron chi connectivity index (χ4n) is 1.29. The Morgan fingerprint density at radius 1 is 1.07 bits per heavy atom. The Morgan fingerprint density at radius 3 is 2.07 bits per heavy atom. The Labute approximate surface area is 97.7 Å². The standard InChI is InChI=1S/C13H21NS/c1-13(2,3)14-9-11-5-7-12(8-6-11)10-15-4/h5-8,14H,9-10H2,1-4H3. The van der Waals surface area contributed by atoms with Crippen molar-refractivity contribution < 1.29 is 0 Å². The van der Waals surface area contributed by atoms with Gasteiger partial charge in [0, 0.05) is 17.8 Å². The first-order valence-electron chi connectivity index (χ1n) is 5.33. The largest absolute Gasteiger partial charge is 0.308 e. The predicted molar refractivity (Wildman–Crippen MR) is 70.3 cm³/mol. The van der Waals surface area contributed by atoms with Gasteiger partial charge in [-0.2, -0.15) is 11.8 Å². The zero-order chi connectivity index (χ0) is 11.3. The van der Waals surface area contributed by atoms with E-state index in [0.717, 1.165) is 12.3 Å². The van der Waals surface area contributed by atoms with E-state index in [9.17, 15) is 0 Å². The monoisotopic (exact) mass is 223 g/mol. The Balaban J connectivity index is 2.50. The third-order valence-corrected chi connectivity index (χ3v) is 2.78. The topological polar surface area (TPSA) is 12.0 Å². The molecule has 0 spiro atoms. The molecule has 0 radical (unpaired) electrons. The number of rotatable bonds is 4. The van der Waals surface area contributed by atoms with Crippen LogP contribution in [0.25, 0.3) is 0 Å². The molecule has 0 unspecified atom stereocenters. The van der Waals surface area contributed by atoms with Gasteiger partial charge in [-0.05, 0) is 38.2 Å². The molecule has 2 heteroatoms. The molecule has 15 heavy (non-hydrogen) atoms. The molecule has 0 heterocycles. The number of thioether (sulfide) groups is 1. The van der Waals surface area contributed by atoms with Crippen LogP contribution in [0.1, 0.15) is 31.9 Å². The van der Waals surface area contributed by atoms with Crippen molar-refractivity contribution in [2.45, 2.75) is 38.6 Å². The summed E-state index contributed by atoms with van der Waals surface area (Å²) in [5, 5.41) is 3.48. The van der Waals surface area contributed by atoms with Crippen LogP contribution in [0.3, 0.4) is 0 Å². The van der Waals surface area contributed by atoms with Gasteiger partial charge in [-0.15, -0.1) is 0 Å². The summed E-state index contributed by atoms with van der Waals surface area (Å²) in [7, 11) is 0. The normalized spacial score (nSPS) is 11.7. The fourth-order valence-corrected chi connectivity index (χ4v) is 1.81. The van der Waals surface area contributed by atoms with E-state index in [1.54, 1.807) is 0 Å². The van der Waals surface area contributed by atoms with E-state index in [2.05, 4.69) is 56.6 Å². The molecule has 0 bridgehead atoms. The summed E-state index contributed by atoms with van der Waals surface area (Å²) in [5.41, 5.74) is 2.95. The quantitative estimate of drug-likeness (QED) is 0.839.